The lowest BCUT2D eigenvalue weighted by Gasteiger charge is -2.40. The maximum absolute atomic E-state index is 12.3. The summed E-state index contributed by atoms with van der Waals surface area (Å²) >= 11 is 0. The Hall–Kier alpha value is -0.610. The molecule has 1 amide bonds. The van der Waals surface area contributed by atoms with Gasteiger partial charge in [-0.25, -0.2) is 0 Å². The molecule has 1 fully saturated rings. The molecular formula is C13H26N2O2. The molecule has 100 valence electrons. The van der Waals surface area contributed by atoms with E-state index in [1.165, 1.54) is 6.42 Å². The summed E-state index contributed by atoms with van der Waals surface area (Å²) in [5.74, 6) is 0.669. The number of rotatable bonds is 4. The van der Waals surface area contributed by atoms with Crippen LogP contribution in [0, 0.1) is 5.92 Å². The van der Waals surface area contributed by atoms with Crippen LogP contribution in [0.2, 0.25) is 0 Å². The smallest absolute Gasteiger partial charge is 0.225 e. The average molecular weight is 242 g/mol. The number of amides is 1. The van der Waals surface area contributed by atoms with Crippen molar-refractivity contribution in [2.24, 2.45) is 11.7 Å². The molecule has 2 atom stereocenters. The van der Waals surface area contributed by atoms with Crippen molar-refractivity contribution in [3.8, 4) is 0 Å². The Morgan fingerprint density at radius 3 is 2.71 bits per heavy atom. The number of hydrogen-bond acceptors (Lipinski definition) is 3. The van der Waals surface area contributed by atoms with Crippen molar-refractivity contribution < 1.29 is 9.53 Å². The molecule has 2 N–H and O–H groups in total. The zero-order valence-electron chi connectivity index (χ0n) is 11.5. The molecule has 0 aromatic heterocycles. The molecule has 0 aromatic rings. The number of carbonyl (C=O) groups is 1. The second-order valence-corrected chi connectivity index (χ2v) is 5.65. The van der Waals surface area contributed by atoms with Gasteiger partial charge >= 0.3 is 0 Å². The van der Waals surface area contributed by atoms with Crippen LogP contribution in [-0.4, -0.2) is 42.6 Å². The predicted molar refractivity (Wildman–Crippen MR) is 68.7 cm³/mol. The summed E-state index contributed by atoms with van der Waals surface area (Å²) in [7, 11) is 1.65. The Kier molecular flexibility index (Phi) is 4.95. The summed E-state index contributed by atoms with van der Waals surface area (Å²) in [6, 6.07) is 0.198. The van der Waals surface area contributed by atoms with Gasteiger partial charge in [0.25, 0.3) is 0 Å². The Morgan fingerprint density at radius 2 is 2.18 bits per heavy atom. The SMILES string of the molecule is COC(C)(C)CC(=O)N1CCCC(C)C1CN. The van der Waals surface area contributed by atoms with Crippen LogP contribution in [0.4, 0.5) is 0 Å². The third-order valence-corrected chi connectivity index (χ3v) is 3.81. The summed E-state index contributed by atoms with van der Waals surface area (Å²) in [4.78, 5) is 14.2. The number of piperidine rings is 1. The minimum atomic E-state index is -0.392. The van der Waals surface area contributed by atoms with Crippen LogP contribution in [0.1, 0.15) is 40.0 Å². The average Bonchev–Trinajstić information content (AvgIpc) is 2.28. The van der Waals surface area contributed by atoms with Crippen molar-refractivity contribution in [3.63, 3.8) is 0 Å². The number of methoxy groups -OCH3 is 1. The van der Waals surface area contributed by atoms with Crippen molar-refractivity contribution >= 4 is 5.91 Å². The third-order valence-electron chi connectivity index (χ3n) is 3.81. The number of likely N-dealkylation sites (tertiary alicyclic amines) is 1. The summed E-state index contributed by atoms with van der Waals surface area (Å²) in [5, 5.41) is 0. The fraction of sp³-hybridized carbons (Fsp3) is 0.923. The van der Waals surface area contributed by atoms with Gasteiger partial charge in [0.2, 0.25) is 5.91 Å². The molecule has 1 aliphatic rings. The maximum Gasteiger partial charge on any atom is 0.225 e. The maximum atomic E-state index is 12.3. The quantitative estimate of drug-likeness (QED) is 0.810. The monoisotopic (exact) mass is 242 g/mol. The van der Waals surface area contributed by atoms with Gasteiger partial charge in [0, 0.05) is 26.2 Å². The number of nitrogens with zero attached hydrogens (tertiary/aromatic N) is 1. The molecule has 0 saturated carbocycles. The molecule has 0 spiro atoms. The Labute approximate surface area is 104 Å². The first-order chi connectivity index (χ1) is 7.91. The van der Waals surface area contributed by atoms with Gasteiger partial charge < -0.3 is 15.4 Å². The molecule has 1 aliphatic heterocycles. The van der Waals surface area contributed by atoms with Gasteiger partial charge in [0.05, 0.1) is 12.0 Å². The molecule has 2 unspecified atom stereocenters. The summed E-state index contributed by atoms with van der Waals surface area (Å²) in [6.45, 7) is 7.45. The Balaban J connectivity index is 2.66. The van der Waals surface area contributed by atoms with Crippen LogP contribution in [0.15, 0.2) is 0 Å². The van der Waals surface area contributed by atoms with Gasteiger partial charge in [0.1, 0.15) is 0 Å². The van der Waals surface area contributed by atoms with Gasteiger partial charge in [-0.3, -0.25) is 4.79 Å². The fourth-order valence-corrected chi connectivity index (χ4v) is 2.46. The number of hydrogen-bond donors (Lipinski definition) is 1. The second kappa shape index (κ2) is 5.83. The van der Waals surface area contributed by atoms with Gasteiger partial charge in [0.15, 0.2) is 0 Å². The van der Waals surface area contributed by atoms with Gasteiger partial charge in [-0.05, 0) is 32.6 Å². The molecule has 1 rings (SSSR count). The lowest BCUT2D eigenvalue weighted by Crippen LogP contribution is -2.52. The molecule has 0 radical (unpaired) electrons. The van der Waals surface area contributed by atoms with E-state index < -0.39 is 5.60 Å². The van der Waals surface area contributed by atoms with E-state index in [4.69, 9.17) is 10.5 Å². The molecule has 1 heterocycles. The molecule has 17 heavy (non-hydrogen) atoms. The summed E-state index contributed by atoms with van der Waals surface area (Å²) in [5.41, 5.74) is 5.40. The third kappa shape index (κ3) is 3.68. The van der Waals surface area contributed by atoms with Crippen molar-refractivity contribution in [2.45, 2.75) is 51.7 Å². The molecular weight excluding hydrogens is 216 g/mol. The number of carbonyl (C=O) groups excluding carboxylic acids is 1. The molecule has 0 bridgehead atoms. The zero-order chi connectivity index (χ0) is 13.1. The van der Waals surface area contributed by atoms with Crippen LogP contribution < -0.4 is 5.73 Å². The van der Waals surface area contributed by atoms with Crippen molar-refractivity contribution in [3.05, 3.63) is 0 Å². The highest BCUT2D eigenvalue weighted by Crippen LogP contribution is 2.25. The Morgan fingerprint density at radius 1 is 1.53 bits per heavy atom. The largest absolute Gasteiger partial charge is 0.378 e. The van der Waals surface area contributed by atoms with E-state index in [2.05, 4.69) is 6.92 Å². The number of ether oxygens (including phenoxy) is 1. The predicted octanol–water partition coefficient (Wildman–Crippen LogP) is 1.39. The lowest BCUT2D eigenvalue weighted by atomic mass is 9.90. The fourth-order valence-electron chi connectivity index (χ4n) is 2.46. The highest BCUT2D eigenvalue weighted by Gasteiger charge is 2.33. The van der Waals surface area contributed by atoms with Crippen LogP contribution in [-0.2, 0) is 9.53 Å². The molecule has 0 aromatic carbocycles. The van der Waals surface area contributed by atoms with Gasteiger partial charge in [-0.1, -0.05) is 6.92 Å². The second-order valence-electron chi connectivity index (χ2n) is 5.65. The first-order valence-electron chi connectivity index (χ1n) is 6.46. The molecule has 0 aliphatic carbocycles. The van der Waals surface area contributed by atoms with E-state index in [1.807, 2.05) is 18.7 Å². The van der Waals surface area contributed by atoms with Crippen molar-refractivity contribution in [1.82, 2.24) is 4.90 Å². The van der Waals surface area contributed by atoms with E-state index in [0.29, 0.717) is 18.9 Å². The number of nitrogens with two attached hydrogens (primary N) is 1. The van der Waals surface area contributed by atoms with Crippen LogP contribution in [0.3, 0.4) is 0 Å². The highest BCUT2D eigenvalue weighted by molar-refractivity contribution is 5.77. The first-order valence-corrected chi connectivity index (χ1v) is 6.46. The van der Waals surface area contributed by atoms with E-state index >= 15 is 0 Å². The van der Waals surface area contributed by atoms with Crippen molar-refractivity contribution in [1.29, 1.82) is 0 Å². The topological polar surface area (TPSA) is 55.6 Å². The van der Waals surface area contributed by atoms with Gasteiger partial charge in [-0.2, -0.15) is 0 Å². The van der Waals surface area contributed by atoms with E-state index in [9.17, 15) is 4.79 Å². The minimum Gasteiger partial charge on any atom is -0.378 e. The normalized spacial score (nSPS) is 26.1. The molecule has 1 saturated heterocycles. The van der Waals surface area contributed by atoms with E-state index in [-0.39, 0.29) is 11.9 Å². The Bertz CT molecular complexity index is 266. The summed E-state index contributed by atoms with van der Waals surface area (Å²) in [6.07, 6.45) is 2.67. The van der Waals surface area contributed by atoms with Crippen LogP contribution in [0.5, 0.6) is 0 Å². The van der Waals surface area contributed by atoms with E-state index in [1.54, 1.807) is 7.11 Å². The van der Waals surface area contributed by atoms with Crippen molar-refractivity contribution in [2.75, 3.05) is 20.2 Å². The lowest BCUT2D eigenvalue weighted by molar-refractivity contribution is -0.141. The standard InChI is InChI=1S/C13H26N2O2/c1-10-6-5-7-15(11(10)9-14)12(16)8-13(2,3)17-4/h10-11H,5-9,14H2,1-4H3. The first kappa shape index (κ1) is 14.5. The van der Waals surface area contributed by atoms with Crippen LogP contribution in [0.25, 0.3) is 0 Å². The molecule has 4 nitrogen and oxygen atoms in total. The minimum absolute atomic E-state index is 0.166. The molecule has 4 heteroatoms. The highest BCUT2D eigenvalue weighted by atomic mass is 16.5. The van der Waals surface area contributed by atoms with E-state index in [0.717, 1.165) is 13.0 Å². The van der Waals surface area contributed by atoms with Gasteiger partial charge in [-0.15, -0.1) is 0 Å². The summed E-state index contributed by atoms with van der Waals surface area (Å²) < 4.78 is 5.32. The zero-order valence-corrected chi connectivity index (χ0v) is 11.5. The van der Waals surface area contributed by atoms with Crippen LogP contribution >= 0.6 is 0 Å².